The highest BCUT2D eigenvalue weighted by molar-refractivity contribution is 7.86. The summed E-state index contributed by atoms with van der Waals surface area (Å²) in [6.07, 6.45) is 3.37. The second-order valence-corrected chi connectivity index (χ2v) is 9.50. The molecule has 3 aromatic carbocycles. The molecule has 168 valence electrons. The summed E-state index contributed by atoms with van der Waals surface area (Å²) in [4.78, 5) is 7.84. The Bertz CT molecular complexity index is 1230. The van der Waals surface area contributed by atoms with Crippen molar-refractivity contribution in [1.82, 2.24) is 9.97 Å². The zero-order chi connectivity index (χ0) is 23.8. The first-order valence-electron chi connectivity index (χ1n) is 9.20. The molecule has 2 N–H and O–H groups in total. The van der Waals surface area contributed by atoms with Crippen molar-refractivity contribution in [2.24, 2.45) is 0 Å². The molecule has 0 spiro atoms. The lowest BCUT2D eigenvalue weighted by molar-refractivity contribution is 0.481. The Balaban J connectivity index is 0.000000170. The van der Waals surface area contributed by atoms with Crippen molar-refractivity contribution in [3.63, 3.8) is 0 Å². The summed E-state index contributed by atoms with van der Waals surface area (Å²) in [7, 11) is -8.04. The molecule has 0 fully saturated rings. The molecular weight excluding hydrogens is 452 g/mol. The lowest BCUT2D eigenvalue weighted by Crippen LogP contribution is -1.96. The van der Waals surface area contributed by atoms with Gasteiger partial charge in [-0.05, 0) is 44.2 Å². The molecule has 0 saturated heterocycles. The quantitative estimate of drug-likeness (QED) is 0.414. The van der Waals surface area contributed by atoms with Gasteiger partial charge in [0, 0.05) is 11.6 Å². The van der Waals surface area contributed by atoms with E-state index in [0.29, 0.717) is 0 Å². The van der Waals surface area contributed by atoms with Gasteiger partial charge in [0.15, 0.2) is 0 Å². The predicted molar refractivity (Wildman–Crippen MR) is 122 cm³/mol. The summed E-state index contributed by atoms with van der Waals surface area (Å²) in [6, 6.07) is 19.9. The van der Waals surface area contributed by atoms with Gasteiger partial charge in [-0.25, -0.2) is 9.97 Å². The Kier molecular flexibility index (Phi) is 8.56. The molecule has 4 aromatic rings. The van der Waals surface area contributed by atoms with Crippen LogP contribution in [-0.4, -0.2) is 35.9 Å². The number of rotatable bonds is 2. The van der Waals surface area contributed by atoms with Crippen LogP contribution < -0.4 is 0 Å². The summed E-state index contributed by atoms with van der Waals surface area (Å²) >= 11 is 0. The fourth-order valence-electron chi connectivity index (χ4n) is 2.34. The van der Waals surface area contributed by atoms with Gasteiger partial charge < -0.3 is 0 Å². The third-order valence-corrected chi connectivity index (χ3v) is 5.79. The van der Waals surface area contributed by atoms with E-state index in [2.05, 4.69) is 9.97 Å². The molecular formula is C22H22N2O6S2. The van der Waals surface area contributed by atoms with Gasteiger partial charge >= 0.3 is 0 Å². The molecule has 0 aliphatic rings. The fraction of sp³-hybridized carbons (Fsp3) is 0.0909. The van der Waals surface area contributed by atoms with Crippen molar-refractivity contribution in [2.45, 2.75) is 23.6 Å². The van der Waals surface area contributed by atoms with Gasteiger partial charge in [0.05, 0.1) is 15.3 Å². The van der Waals surface area contributed by atoms with E-state index in [1.54, 1.807) is 30.6 Å². The van der Waals surface area contributed by atoms with Crippen LogP contribution in [-0.2, 0) is 20.2 Å². The smallest absolute Gasteiger partial charge is 0.282 e. The van der Waals surface area contributed by atoms with E-state index >= 15 is 0 Å². The van der Waals surface area contributed by atoms with E-state index in [-0.39, 0.29) is 9.79 Å². The van der Waals surface area contributed by atoms with Gasteiger partial charge in [-0.2, -0.15) is 16.8 Å². The van der Waals surface area contributed by atoms with Crippen LogP contribution in [0.15, 0.2) is 95.1 Å². The first-order valence-corrected chi connectivity index (χ1v) is 12.1. The van der Waals surface area contributed by atoms with Crippen LogP contribution in [0.1, 0.15) is 11.1 Å². The SMILES string of the molecule is Cc1ccc(S(=O)(=O)O)cc1.Cc1ccc(S(=O)(=O)O)cc1.c1ccc2ncncc2c1. The average molecular weight is 475 g/mol. The monoisotopic (exact) mass is 474 g/mol. The average Bonchev–Trinajstić information content (AvgIpc) is 2.74. The third kappa shape index (κ3) is 8.16. The molecule has 0 unspecified atom stereocenters. The van der Waals surface area contributed by atoms with Gasteiger partial charge in [-0.3, -0.25) is 9.11 Å². The van der Waals surface area contributed by atoms with Crippen molar-refractivity contribution in [1.29, 1.82) is 0 Å². The molecule has 10 heteroatoms. The summed E-state index contributed by atoms with van der Waals surface area (Å²) in [5.41, 5.74) is 2.91. The Morgan fingerprint density at radius 3 is 1.50 bits per heavy atom. The second kappa shape index (κ2) is 10.9. The van der Waals surface area contributed by atoms with Crippen LogP contribution in [0.25, 0.3) is 10.9 Å². The molecule has 0 aliphatic carbocycles. The summed E-state index contributed by atoms with van der Waals surface area (Å²) < 4.78 is 59.1. The van der Waals surface area contributed by atoms with E-state index in [9.17, 15) is 16.8 Å². The number of hydrogen-bond donors (Lipinski definition) is 2. The molecule has 0 amide bonds. The van der Waals surface area contributed by atoms with E-state index in [1.165, 1.54) is 24.3 Å². The lowest BCUT2D eigenvalue weighted by atomic mass is 10.2. The van der Waals surface area contributed by atoms with E-state index in [1.807, 2.05) is 44.3 Å². The van der Waals surface area contributed by atoms with E-state index in [4.69, 9.17) is 9.11 Å². The van der Waals surface area contributed by atoms with Gasteiger partial charge in [-0.15, -0.1) is 0 Å². The van der Waals surface area contributed by atoms with Crippen LogP contribution >= 0.6 is 0 Å². The molecule has 4 rings (SSSR count). The van der Waals surface area contributed by atoms with E-state index in [0.717, 1.165) is 22.0 Å². The van der Waals surface area contributed by atoms with Gasteiger partial charge in [-0.1, -0.05) is 53.6 Å². The predicted octanol–water partition coefficient (Wildman–Crippen LogP) is 4.11. The molecule has 0 bridgehead atoms. The van der Waals surface area contributed by atoms with Crippen LogP contribution in [0, 0.1) is 13.8 Å². The molecule has 0 atom stereocenters. The topological polar surface area (TPSA) is 135 Å². The zero-order valence-electron chi connectivity index (χ0n) is 17.3. The second-order valence-electron chi connectivity index (χ2n) is 6.66. The highest BCUT2D eigenvalue weighted by atomic mass is 32.2. The summed E-state index contributed by atoms with van der Waals surface area (Å²) in [5, 5.41) is 1.09. The number of aryl methyl sites for hydroxylation is 2. The number of nitrogens with zero attached hydrogens (tertiary/aromatic N) is 2. The van der Waals surface area contributed by atoms with Crippen molar-refractivity contribution < 1.29 is 25.9 Å². The Labute approximate surface area is 187 Å². The summed E-state index contributed by atoms with van der Waals surface area (Å²) in [5.74, 6) is 0. The Hall–Kier alpha value is -3.18. The molecule has 1 heterocycles. The van der Waals surface area contributed by atoms with Gasteiger partial charge in [0.25, 0.3) is 20.2 Å². The Morgan fingerprint density at radius 2 is 1.09 bits per heavy atom. The molecule has 0 aliphatic heterocycles. The van der Waals surface area contributed by atoms with Crippen LogP contribution in [0.4, 0.5) is 0 Å². The van der Waals surface area contributed by atoms with Crippen LogP contribution in [0.2, 0.25) is 0 Å². The third-order valence-electron chi connectivity index (χ3n) is 4.05. The largest absolute Gasteiger partial charge is 0.294 e. The molecule has 8 nitrogen and oxygen atoms in total. The molecule has 1 aromatic heterocycles. The highest BCUT2D eigenvalue weighted by Gasteiger charge is 2.07. The van der Waals surface area contributed by atoms with Crippen LogP contribution in [0.5, 0.6) is 0 Å². The van der Waals surface area contributed by atoms with Gasteiger partial charge in [0.1, 0.15) is 6.33 Å². The Morgan fingerprint density at radius 1 is 0.656 bits per heavy atom. The van der Waals surface area contributed by atoms with Crippen molar-refractivity contribution in [3.05, 3.63) is 96.4 Å². The molecule has 0 saturated carbocycles. The maximum absolute atomic E-state index is 10.5. The minimum Gasteiger partial charge on any atom is -0.282 e. The highest BCUT2D eigenvalue weighted by Crippen LogP contribution is 2.09. The molecule has 32 heavy (non-hydrogen) atoms. The van der Waals surface area contributed by atoms with Crippen LogP contribution in [0.3, 0.4) is 0 Å². The minimum atomic E-state index is -4.02. The van der Waals surface area contributed by atoms with Crippen molar-refractivity contribution in [2.75, 3.05) is 0 Å². The normalized spacial score (nSPS) is 11.0. The van der Waals surface area contributed by atoms with Gasteiger partial charge in [0.2, 0.25) is 0 Å². The zero-order valence-corrected chi connectivity index (χ0v) is 19.0. The first kappa shape index (κ1) is 25.1. The number of benzene rings is 3. The fourth-order valence-corrected chi connectivity index (χ4v) is 3.30. The number of aromatic nitrogens is 2. The minimum absolute atomic E-state index is 0.0666. The van der Waals surface area contributed by atoms with Crippen molar-refractivity contribution >= 4 is 31.1 Å². The lowest BCUT2D eigenvalue weighted by Gasteiger charge is -1.95. The standard InChI is InChI=1S/C8H6N2.2C7H8O3S/c1-2-4-8-7(3-1)5-9-6-10-8;2*1-6-2-4-7(5-3-6)11(8,9)10/h1-6H;2*2-5H,1H3,(H,8,9,10). The maximum Gasteiger partial charge on any atom is 0.294 e. The van der Waals surface area contributed by atoms with Crippen molar-refractivity contribution in [3.8, 4) is 0 Å². The number of hydrogen-bond acceptors (Lipinski definition) is 6. The number of fused-ring (bicyclic) bond motifs is 1. The first-order chi connectivity index (χ1) is 15.0. The molecule has 0 radical (unpaired) electrons. The number of para-hydroxylation sites is 1. The summed E-state index contributed by atoms with van der Waals surface area (Å²) in [6.45, 7) is 3.68. The van der Waals surface area contributed by atoms with E-state index < -0.39 is 20.2 Å². The maximum atomic E-state index is 10.5.